The summed E-state index contributed by atoms with van der Waals surface area (Å²) < 4.78 is 0. The van der Waals surface area contributed by atoms with Crippen LogP contribution < -0.4 is 0 Å². The molecule has 7 fully saturated rings. The summed E-state index contributed by atoms with van der Waals surface area (Å²) >= 11 is 0. The summed E-state index contributed by atoms with van der Waals surface area (Å²) in [4.78, 5) is 88.6. The van der Waals surface area contributed by atoms with Crippen LogP contribution in [0.5, 0.6) is 0 Å². The second-order valence-corrected chi connectivity index (χ2v) is 27.4. The van der Waals surface area contributed by atoms with Gasteiger partial charge in [0.05, 0.1) is 47.7 Å². The average molecular weight is 1440 g/mol. The van der Waals surface area contributed by atoms with E-state index in [9.17, 15) is 117 Å². The molecule has 0 spiro atoms. The standard InChI is InChI=1S/7C7H13NO3.C7H11NO2.C5H8.C2H3NO2.B.H2O2/c7*1-5-2-3-6(8(10)11)4-7(5)9;1-6-2-4-7(5-3-6)8(9)10;1-4-5(2)3;1-2-3(4)5;;1-2/h7*5-7,9H,2-4H2,1H3;2,7H,3-5H2,1H3;4H,1-2H2,3H3;2H,1H2;;1-2H. The molecule has 3 radical (unpaired) electrons. The number of hydrogen-bond donors (Lipinski definition) is 9. The third-order valence-corrected chi connectivity index (χ3v) is 19.4. The molecule has 8 aliphatic carbocycles. The van der Waals surface area contributed by atoms with Crippen molar-refractivity contribution >= 4 is 8.41 Å². The van der Waals surface area contributed by atoms with Crippen molar-refractivity contribution in [1.82, 2.24) is 0 Å². The smallest absolute Gasteiger partial charge is 0.227 e. The second-order valence-electron chi connectivity index (χ2n) is 27.4. The SMILES string of the molecule is C=CC(=C)C.C=C[N+](=O)[O-].CC1=CCC([N+](=O)[O-])CC1.CC1CCC([N+](=O)[O-])CC1O.CC1CCC([N+](=O)[O-])CC1O.CC1CCC([N+](=O)[O-])CC1O.CC1CCC([N+](=O)[O-])CC1O.CC1CCC([N+](=O)[O-])CC1O.CC1CCC([N+](=O)[O-])CC1O.CC1CCC([N+](=O)[O-])CC1O.OO.[B]. The molecule has 0 heterocycles. The fourth-order valence-electron chi connectivity index (χ4n) is 11.4. The van der Waals surface area contributed by atoms with Crippen LogP contribution in [-0.4, -0.2) is 190 Å². The van der Waals surface area contributed by atoms with E-state index in [0.29, 0.717) is 103 Å². The van der Waals surface area contributed by atoms with Crippen molar-refractivity contribution < 1.29 is 90.6 Å². The normalized spacial score (nSPS) is 33.0. The zero-order chi connectivity index (χ0) is 77.1. The number of rotatable bonds is 10. The Hall–Kier alpha value is -6.74. The zero-order valence-electron chi connectivity index (χ0n) is 59.5. The third kappa shape index (κ3) is 43.8. The predicted molar refractivity (Wildman–Crippen MR) is 370 cm³/mol. The number of aliphatic hydroxyl groups is 7. The largest absolute Gasteiger partial charge is 0.393 e. The molecule has 36 nitrogen and oxygen atoms in total. The van der Waals surface area contributed by atoms with Gasteiger partial charge in [-0.25, -0.2) is 0 Å². The lowest BCUT2D eigenvalue weighted by Crippen LogP contribution is -2.34. The number of aliphatic hydroxyl groups excluding tert-OH is 7. The lowest BCUT2D eigenvalue weighted by atomic mass is 9.85. The number of hydrogen-bond acceptors (Lipinski definition) is 27. The molecule has 0 aromatic heterocycles. The molecule has 100 heavy (non-hydrogen) atoms. The molecule has 7 saturated carbocycles. The molecule has 0 bridgehead atoms. The Kier molecular flexibility index (Phi) is 53.8. The molecule has 0 saturated heterocycles. The first-order valence-corrected chi connectivity index (χ1v) is 33.7. The zero-order valence-corrected chi connectivity index (χ0v) is 59.5. The molecular weight excluding hydrogens is 1330 g/mol. The Morgan fingerprint density at radius 1 is 0.360 bits per heavy atom. The Labute approximate surface area is 586 Å². The van der Waals surface area contributed by atoms with E-state index in [2.05, 4.69) is 19.7 Å². The van der Waals surface area contributed by atoms with Gasteiger partial charge in [0.25, 0.3) is 0 Å². The van der Waals surface area contributed by atoms with Crippen LogP contribution in [0, 0.1) is 132 Å². The van der Waals surface area contributed by atoms with E-state index in [1.807, 2.05) is 68.4 Å². The highest BCUT2D eigenvalue weighted by molar-refractivity contribution is 5.75. The summed E-state index contributed by atoms with van der Waals surface area (Å²) in [6.45, 7) is 27.3. The van der Waals surface area contributed by atoms with Crippen LogP contribution in [0.15, 0.2) is 49.2 Å². The lowest BCUT2D eigenvalue weighted by molar-refractivity contribution is -0.529. The first kappa shape index (κ1) is 99.6. The van der Waals surface area contributed by atoms with Gasteiger partial charge in [-0.1, -0.05) is 84.9 Å². The molecule has 0 amide bonds. The predicted octanol–water partition coefficient (Wildman–Crippen LogP) is 9.24. The van der Waals surface area contributed by atoms with Crippen LogP contribution in [0.3, 0.4) is 0 Å². The van der Waals surface area contributed by atoms with Crippen molar-refractivity contribution in [3.63, 3.8) is 0 Å². The molecule has 0 aromatic rings. The molecule has 22 unspecified atom stereocenters. The summed E-state index contributed by atoms with van der Waals surface area (Å²) in [5.74, 6) is 1.60. The second kappa shape index (κ2) is 54.0. The summed E-state index contributed by atoms with van der Waals surface area (Å²) in [5, 5.41) is 168. The van der Waals surface area contributed by atoms with Crippen LogP contribution in [-0.2, 0) is 0 Å². The van der Waals surface area contributed by atoms with Crippen molar-refractivity contribution in [2.45, 2.75) is 307 Å². The number of nitro groups is 9. The molecule has 22 atom stereocenters. The van der Waals surface area contributed by atoms with Crippen LogP contribution >= 0.6 is 0 Å². The lowest BCUT2D eigenvalue weighted by Gasteiger charge is -2.25. The van der Waals surface area contributed by atoms with Gasteiger partial charge in [0.1, 0.15) is 0 Å². The molecule has 577 valence electrons. The van der Waals surface area contributed by atoms with E-state index >= 15 is 0 Å². The third-order valence-electron chi connectivity index (χ3n) is 19.4. The van der Waals surface area contributed by atoms with Gasteiger partial charge in [0.2, 0.25) is 54.5 Å². The van der Waals surface area contributed by atoms with Gasteiger partial charge in [-0.2, -0.15) is 0 Å². The maximum atomic E-state index is 10.3. The molecule has 37 heteroatoms. The van der Waals surface area contributed by atoms with Crippen molar-refractivity contribution in [2.24, 2.45) is 41.4 Å². The average Bonchev–Trinajstić information content (AvgIpc) is 0.965. The van der Waals surface area contributed by atoms with Gasteiger partial charge in [-0.05, 0) is 113 Å². The molecule has 0 aliphatic heterocycles. The van der Waals surface area contributed by atoms with Gasteiger partial charge < -0.3 is 35.7 Å². The van der Waals surface area contributed by atoms with Gasteiger partial charge in [0, 0.05) is 151 Å². The Balaban J connectivity index is -0.000000514. The minimum atomic E-state index is -0.611. The van der Waals surface area contributed by atoms with Gasteiger partial charge in [0.15, 0.2) is 0 Å². The first-order valence-electron chi connectivity index (χ1n) is 33.7. The van der Waals surface area contributed by atoms with E-state index in [0.717, 1.165) is 63.4 Å². The van der Waals surface area contributed by atoms with Gasteiger partial charge in [-0.3, -0.25) is 102 Å². The van der Waals surface area contributed by atoms with Crippen molar-refractivity contribution in [3.05, 3.63) is 140 Å². The highest BCUT2D eigenvalue weighted by atomic mass is 17.0. The summed E-state index contributed by atoms with van der Waals surface area (Å²) in [6.07, 6.45) is 15.3. The monoisotopic (exact) mass is 1440 g/mol. The maximum Gasteiger partial charge on any atom is 0.227 e. The van der Waals surface area contributed by atoms with E-state index in [4.69, 9.17) is 20.6 Å². The molecular formula is C63H115BN9O27. The highest BCUT2D eigenvalue weighted by Gasteiger charge is 2.38. The van der Waals surface area contributed by atoms with Crippen molar-refractivity contribution in [3.8, 4) is 0 Å². The van der Waals surface area contributed by atoms with Crippen LogP contribution in [0.25, 0.3) is 0 Å². The summed E-state index contributed by atoms with van der Waals surface area (Å²) in [5.41, 5.74) is 2.31. The minimum Gasteiger partial charge on any atom is -0.393 e. The van der Waals surface area contributed by atoms with Crippen LogP contribution in [0.4, 0.5) is 0 Å². The van der Waals surface area contributed by atoms with E-state index in [1.165, 1.54) is 5.57 Å². The van der Waals surface area contributed by atoms with Gasteiger partial charge >= 0.3 is 0 Å². The van der Waals surface area contributed by atoms with Crippen LogP contribution in [0.1, 0.15) is 216 Å². The fraction of sp³-hybridized carbons (Fsp3) is 0.873. The summed E-state index contributed by atoms with van der Waals surface area (Å²) in [7, 11) is 0. The Bertz CT molecular complexity index is 2120. The van der Waals surface area contributed by atoms with Gasteiger partial charge in [-0.15, -0.1) is 0 Å². The number of allylic oxidation sites excluding steroid dienone is 3. The summed E-state index contributed by atoms with van der Waals surface area (Å²) in [6, 6.07) is -3.91. The van der Waals surface area contributed by atoms with Crippen molar-refractivity contribution in [2.75, 3.05) is 0 Å². The number of nitrogens with zero attached hydrogens (tertiary/aromatic N) is 9. The van der Waals surface area contributed by atoms with E-state index in [1.54, 1.807) is 6.08 Å². The first-order chi connectivity index (χ1) is 46.0. The topological polar surface area (TPSA) is 570 Å². The molecule has 8 aliphatic rings. The quantitative estimate of drug-likeness (QED) is 0.0245. The Morgan fingerprint density at radius 3 is 0.600 bits per heavy atom. The molecule has 8 rings (SSSR count). The highest BCUT2D eigenvalue weighted by Crippen LogP contribution is 2.31. The molecule has 9 N–H and O–H groups in total. The fourth-order valence-corrected chi connectivity index (χ4v) is 11.4. The van der Waals surface area contributed by atoms with Crippen molar-refractivity contribution in [1.29, 1.82) is 0 Å². The maximum absolute atomic E-state index is 10.3. The minimum absolute atomic E-state index is 0. The Morgan fingerprint density at radius 2 is 0.510 bits per heavy atom. The van der Waals surface area contributed by atoms with Crippen LogP contribution in [0.2, 0.25) is 0 Å². The molecule has 0 aromatic carbocycles. The van der Waals surface area contributed by atoms with E-state index < -0.39 is 89.9 Å². The van der Waals surface area contributed by atoms with E-state index in [-0.39, 0.29) is 95.3 Å².